The number of esters is 1. The number of rotatable bonds is 11. The van der Waals surface area contributed by atoms with Crippen LogP contribution in [0.5, 0.6) is 0 Å². The van der Waals surface area contributed by atoms with Gasteiger partial charge in [0.05, 0.1) is 5.56 Å². The highest BCUT2D eigenvalue weighted by molar-refractivity contribution is 7.39. The molecule has 0 aliphatic carbocycles. The Morgan fingerprint density at radius 1 is 0.958 bits per heavy atom. The number of carbonyl (C=O) groups is 3. The van der Waals surface area contributed by atoms with Crippen molar-refractivity contribution in [2.24, 2.45) is 0 Å². The standard InChI is InChI=1S/C15H17O8P/c16-13(17)9-22-15(20)12-6-4-11(5-7-12)3-1-2-8-24(21)23-10-14(18)19/h4-7H,1-3,8-10H2,(H-,16,17,18,19)/p+1. The van der Waals surface area contributed by atoms with Crippen LogP contribution in [0.25, 0.3) is 0 Å². The number of hydrogen-bond acceptors (Lipinski definition) is 6. The van der Waals surface area contributed by atoms with Gasteiger partial charge in [0.25, 0.3) is 0 Å². The van der Waals surface area contributed by atoms with Gasteiger partial charge in [0.1, 0.15) is 0 Å². The summed E-state index contributed by atoms with van der Waals surface area (Å²) in [6.07, 6.45) is 2.35. The molecular formula is C15H18O8P+. The van der Waals surface area contributed by atoms with Crippen molar-refractivity contribution in [2.75, 3.05) is 19.4 Å². The summed E-state index contributed by atoms with van der Waals surface area (Å²) in [5, 5.41) is 16.8. The van der Waals surface area contributed by atoms with Gasteiger partial charge in [-0.2, -0.15) is 0 Å². The lowest BCUT2D eigenvalue weighted by molar-refractivity contribution is -0.140. The normalized spacial score (nSPS) is 10.9. The Balaban J connectivity index is 2.29. The van der Waals surface area contributed by atoms with Gasteiger partial charge in [-0.05, 0) is 41.5 Å². The molecule has 0 spiro atoms. The first-order valence-electron chi connectivity index (χ1n) is 7.15. The Bertz CT molecular complexity index is 596. The molecule has 8 nitrogen and oxygen atoms in total. The van der Waals surface area contributed by atoms with E-state index in [1.165, 1.54) is 0 Å². The van der Waals surface area contributed by atoms with Gasteiger partial charge in [0, 0.05) is 0 Å². The number of benzene rings is 1. The van der Waals surface area contributed by atoms with E-state index in [1.807, 2.05) is 0 Å². The lowest BCUT2D eigenvalue weighted by atomic mass is 10.1. The number of carboxylic acids is 2. The number of unbranched alkanes of at least 4 members (excludes halogenated alkanes) is 1. The Hall–Kier alpha value is -2.31. The van der Waals surface area contributed by atoms with Gasteiger partial charge in [-0.1, -0.05) is 12.1 Å². The fourth-order valence-electron chi connectivity index (χ4n) is 1.78. The molecule has 0 heterocycles. The zero-order valence-electron chi connectivity index (χ0n) is 12.8. The molecule has 1 aromatic rings. The van der Waals surface area contributed by atoms with E-state index in [2.05, 4.69) is 9.26 Å². The van der Waals surface area contributed by atoms with E-state index in [0.29, 0.717) is 19.0 Å². The fraction of sp³-hybridized carbons (Fsp3) is 0.400. The summed E-state index contributed by atoms with van der Waals surface area (Å²) in [5.41, 5.74) is 1.23. The zero-order valence-corrected chi connectivity index (χ0v) is 13.7. The molecule has 0 radical (unpaired) electrons. The highest BCUT2D eigenvalue weighted by Crippen LogP contribution is 2.23. The predicted octanol–water partition coefficient (Wildman–Crippen LogP) is 2.09. The lowest BCUT2D eigenvalue weighted by Gasteiger charge is -2.03. The number of carboxylic acid groups (broad SMARTS) is 2. The number of carbonyl (C=O) groups excluding carboxylic acids is 1. The largest absolute Gasteiger partial charge is 0.508 e. The second-order valence-corrected chi connectivity index (χ2v) is 6.22. The quantitative estimate of drug-likeness (QED) is 0.350. The van der Waals surface area contributed by atoms with Crippen molar-refractivity contribution in [2.45, 2.75) is 19.3 Å². The molecule has 1 atom stereocenters. The van der Waals surface area contributed by atoms with Crippen LogP contribution in [0.4, 0.5) is 0 Å². The van der Waals surface area contributed by atoms with Gasteiger partial charge >= 0.3 is 25.9 Å². The number of hydrogen-bond donors (Lipinski definition) is 2. The van der Waals surface area contributed by atoms with Gasteiger partial charge in [0.2, 0.25) is 0 Å². The van der Waals surface area contributed by atoms with Crippen LogP contribution < -0.4 is 0 Å². The molecular weight excluding hydrogens is 339 g/mol. The minimum absolute atomic E-state index is 0.269. The molecule has 24 heavy (non-hydrogen) atoms. The number of aliphatic carboxylic acids is 2. The molecule has 1 rings (SSSR count). The van der Waals surface area contributed by atoms with Crippen LogP contribution in [0.1, 0.15) is 28.8 Å². The monoisotopic (exact) mass is 357 g/mol. The zero-order chi connectivity index (χ0) is 17.9. The Labute approximate surface area is 139 Å². The lowest BCUT2D eigenvalue weighted by Crippen LogP contribution is -2.13. The molecule has 1 unspecified atom stereocenters. The minimum atomic E-state index is -1.96. The molecule has 9 heteroatoms. The summed E-state index contributed by atoms with van der Waals surface area (Å²) in [6, 6.07) is 6.57. The van der Waals surface area contributed by atoms with E-state index >= 15 is 0 Å². The van der Waals surface area contributed by atoms with E-state index in [-0.39, 0.29) is 5.56 Å². The molecule has 0 aliphatic rings. The van der Waals surface area contributed by atoms with Gasteiger partial charge < -0.3 is 14.9 Å². The summed E-state index contributed by atoms with van der Waals surface area (Å²) >= 11 is 0. The summed E-state index contributed by atoms with van der Waals surface area (Å²) in [5.74, 6) is -3.07. The Morgan fingerprint density at radius 3 is 2.17 bits per heavy atom. The summed E-state index contributed by atoms with van der Waals surface area (Å²) in [7, 11) is -1.96. The Morgan fingerprint density at radius 2 is 1.58 bits per heavy atom. The third kappa shape index (κ3) is 8.36. The van der Waals surface area contributed by atoms with Gasteiger partial charge in [-0.3, -0.25) is 0 Å². The summed E-state index contributed by atoms with van der Waals surface area (Å²) in [4.78, 5) is 32.1. The number of aryl methyl sites for hydroxylation is 1. The van der Waals surface area contributed by atoms with Gasteiger partial charge in [-0.25, -0.2) is 14.4 Å². The summed E-state index contributed by atoms with van der Waals surface area (Å²) in [6.45, 7) is -1.24. The molecule has 0 saturated carbocycles. The van der Waals surface area contributed by atoms with E-state index in [0.717, 1.165) is 12.0 Å². The molecule has 0 fully saturated rings. The van der Waals surface area contributed by atoms with Crippen LogP contribution in [-0.4, -0.2) is 47.5 Å². The van der Waals surface area contributed by atoms with Crippen molar-refractivity contribution in [1.29, 1.82) is 0 Å². The average Bonchev–Trinajstić information content (AvgIpc) is 2.55. The maximum absolute atomic E-state index is 11.5. The van der Waals surface area contributed by atoms with Crippen molar-refractivity contribution in [3.8, 4) is 0 Å². The molecule has 0 aliphatic heterocycles. The van der Waals surface area contributed by atoms with Gasteiger partial charge in [-0.15, -0.1) is 4.52 Å². The third-order valence-electron chi connectivity index (χ3n) is 2.90. The molecule has 0 bridgehead atoms. The molecule has 130 valence electrons. The first-order chi connectivity index (χ1) is 11.4. The van der Waals surface area contributed by atoms with E-state index < -0.39 is 39.1 Å². The second-order valence-electron chi connectivity index (χ2n) is 4.85. The highest BCUT2D eigenvalue weighted by atomic mass is 31.1. The summed E-state index contributed by atoms with van der Waals surface area (Å²) < 4.78 is 20.6. The molecule has 0 aromatic heterocycles. The van der Waals surface area contributed by atoms with Gasteiger partial charge in [0.15, 0.2) is 19.4 Å². The Kier molecular flexibility index (Phi) is 8.60. The van der Waals surface area contributed by atoms with Crippen LogP contribution in [-0.2, 0) is 29.8 Å². The van der Waals surface area contributed by atoms with Crippen molar-refractivity contribution in [3.63, 3.8) is 0 Å². The molecule has 0 saturated heterocycles. The first kappa shape index (κ1) is 19.7. The van der Waals surface area contributed by atoms with Crippen LogP contribution in [0.15, 0.2) is 24.3 Å². The first-order valence-corrected chi connectivity index (χ1v) is 8.52. The smallest absolute Gasteiger partial charge is 0.479 e. The highest BCUT2D eigenvalue weighted by Gasteiger charge is 2.18. The van der Waals surface area contributed by atoms with Crippen LogP contribution in [0, 0.1) is 0 Å². The average molecular weight is 357 g/mol. The topological polar surface area (TPSA) is 127 Å². The van der Waals surface area contributed by atoms with Crippen molar-refractivity contribution in [1.82, 2.24) is 0 Å². The maximum Gasteiger partial charge on any atom is 0.508 e. The molecule has 2 N–H and O–H groups in total. The second kappa shape index (κ2) is 10.5. The van der Waals surface area contributed by atoms with E-state index in [4.69, 9.17) is 10.2 Å². The number of ether oxygens (including phenoxy) is 1. The van der Waals surface area contributed by atoms with Crippen LogP contribution in [0.3, 0.4) is 0 Å². The fourth-order valence-corrected chi connectivity index (χ4v) is 2.65. The van der Waals surface area contributed by atoms with Crippen LogP contribution >= 0.6 is 8.03 Å². The third-order valence-corrected chi connectivity index (χ3v) is 4.00. The minimum Gasteiger partial charge on any atom is -0.479 e. The van der Waals surface area contributed by atoms with Crippen molar-refractivity contribution >= 4 is 25.9 Å². The van der Waals surface area contributed by atoms with Crippen LogP contribution in [0.2, 0.25) is 0 Å². The molecule has 0 amide bonds. The SMILES string of the molecule is O=C(O)COC(=O)c1ccc(CCCC[P+](=O)OCC(=O)O)cc1. The van der Waals surface area contributed by atoms with E-state index in [9.17, 15) is 18.9 Å². The van der Waals surface area contributed by atoms with Crippen molar-refractivity contribution < 1.29 is 38.4 Å². The van der Waals surface area contributed by atoms with Crippen molar-refractivity contribution in [3.05, 3.63) is 35.4 Å². The predicted molar refractivity (Wildman–Crippen MR) is 83.4 cm³/mol. The maximum atomic E-state index is 11.5. The van der Waals surface area contributed by atoms with E-state index in [1.54, 1.807) is 24.3 Å². The molecule has 1 aromatic carbocycles.